The van der Waals surface area contributed by atoms with Gasteiger partial charge in [-0.2, -0.15) is 0 Å². The second kappa shape index (κ2) is 6.38. The molecule has 0 aromatic carbocycles. The van der Waals surface area contributed by atoms with E-state index in [-0.39, 0.29) is 23.7 Å². The largest absolute Gasteiger partial charge is 0.378 e. The van der Waals surface area contributed by atoms with E-state index in [1.807, 2.05) is 13.8 Å². The van der Waals surface area contributed by atoms with Crippen LogP contribution in [0.4, 0.5) is 4.79 Å². The van der Waals surface area contributed by atoms with E-state index in [1.54, 1.807) is 7.11 Å². The SMILES string of the molecule is CO[C@H]1CNC[C@H]1NC(=O)NC(C)(C)CC(C)C. The van der Waals surface area contributed by atoms with Gasteiger partial charge in [-0.05, 0) is 26.2 Å². The van der Waals surface area contributed by atoms with Gasteiger partial charge < -0.3 is 20.7 Å². The summed E-state index contributed by atoms with van der Waals surface area (Å²) in [6, 6.07) is -0.0683. The number of hydrogen-bond acceptors (Lipinski definition) is 3. The lowest BCUT2D eigenvalue weighted by Crippen LogP contribution is -2.54. The highest BCUT2D eigenvalue weighted by molar-refractivity contribution is 5.75. The zero-order valence-corrected chi connectivity index (χ0v) is 12.2. The number of carbonyl (C=O) groups is 1. The van der Waals surface area contributed by atoms with Gasteiger partial charge in [0.15, 0.2) is 0 Å². The fourth-order valence-electron chi connectivity index (χ4n) is 2.63. The fraction of sp³-hybridized carbons (Fsp3) is 0.923. The predicted molar refractivity (Wildman–Crippen MR) is 72.7 cm³/mol. The van der Waals surface area contributed by atoms with Crippen molar-refractivity contribution < 1.29 is 9.53 Å². The second-order valence-electron chi connectivity index (χ2n) is 6.12. The van der Waals surface area contributed by atoms with E-state index in [0.29, 0.717) is 5.92 Å². The summed E-state index contributed by atoms with van der Waals surface area (Å²) in [5.74, 6) is 0.556. The van der Waals surface area contributed by atoms with Gasteiger partial charge in [-0.3, -0.25) is 0 Å². The Hall–Kier alpha value is -0.810. The van der Waals surface area contributed by atoms with Crippen LogP contribution in [-0.2, 0) is 4.74 Å². The number of carbonyl (C=O) groups excluding carboxylic acids is 1. The van der Waals surface area contributed by atoms with Gasteiger partial charge in [0.05, 0.1) is 12.1 Å². The highest BCUT2D eigenvalue weighted by Gasteiger charge is 2.29. The predicted octanol–water partition coefficient (Wildman–Crippen LogP) is 1.10. The number of hydrogen-bond donors (Lipinski definition) is 3. The highest BCUT2D eigenvalue weighted by Crippen LogP contribution is 2.15. The van der Waals surface area contributed by atoms with E-state index in [4.69, 9.17) is 4.74 Å². The molecule has 1 fully saturated rings. The molecule has 0 aromatic rings. The quantitative estimate of drug-likeness (QED) is 0.691. The maximum absolute atomic E-state index is 12.0. The van der Waals surface area contributed by atoms with Crippen molar-refractivity contribution in [1.82, 2.24) is 16.0 Å². The zero-order valence-electron chi connectivity index (χ0n) is 12.2. The molecule has 2 amide bonds. The van der Waals surface area contributed by atoms with Crippen LogP contribution >= 0.6 is 0 Å². The van der Waals surface area contributed by atoms with Gasteiger partial charge in [-0.1, -0.05) is 13.8 Å². The summed E-state index contributed by atoms with van der Waals surface area (Å²) in [7, 11) is 1.67. The Bertz CT molecular complexity index is 279. The Balaban J connectivity index is 2.41. The molecule has 5 nitrogen and oxygen atoms in total. The molecule has 5 heteroatoms. The Morgan fingerprint density at radius 1 is 1.44 bits per heavy atom. The first-order valence-electron chi connectivity index (χ1n) is 6.66. The van der Waals surface area contributed by atoms with Crippen LogP contribution in [0.5, 0.6) is 0 Å². The third-order valence-electron chi connectivity index (χ3n) is 3.15. The molecule has 1 heterocycles. The molecule has 1 aliphatic rings. The van der Waals surface area contributed by atoms with Gasteiger partial charge in [0, 0.05) is 25.7 Å². The van der Waals surface area contributed by atoms with Gasteiger partial charge in [-0.25, -0.2) is 4.79 Å². The summed E-state index contributed by atoms with van der Waals surface area (Å²) in [6.45, 7) is 9.96. The van der Waals surface area contributed by atoms with Gasteiger partial charge in [0.2, 0.25) is 0 Å². The van der Waals surface area contributed by atoms with Crippen molar-refractivity contribution >= 4 is 6.03 Å². The number of ether oxygens (including phenoxy) is 1. The molecule has 0 spiro atoms. The monoisotopic (exact) mass is 257 g/mol. The lowest BCUT2D eigenvalue weighted by molar-refractivity contribution is 0.0977. The Kier molecular flexibility index (Phi) is 5.41. The maximum Gasteiger partial charge on any atom is 0.315 e. The maximum atomic E-state index is 12.0. The van der Waals surface area contributed by atoms with E-state index in [1.165, 1.54) is 0 Å². The normalized spacial score (nSPS) is 24.3. The zero-order chi connectivity index (χ0) is 13.8. The Morgan fingerprint density at radius 3 is 2.67 bits per heavy atom. The Morgan fingerprint density at radius 2 is 2.11 bits per heavy atom. The third kappa shape index (κ3) is 4.82. The van der Waals surface area contributed by atoms with Crippen LogP contribution in [0.2, 0.25) is 0 Å². The molecule has 2 atom stereocenters. The number of methoxy groups -OCH3 is 1. The first kappa shape index (κ1) is 15.2. The number of rotatable bonds is 5. The first-order valence-corrected chi connectivity index (χ1v) is 6.66. The standard InChI is InChI=1S/C13H27N3O2/c1-9(2)6-13(3,4)16-12(17)15-10-7-14-8-11(10)18-5/h9-11,14H,6-8H2,1-5H3,(H2,15,16,17)/t10-,11+/m1/s1. The minimum Gasteiger partial charge on any atom is -0.378 e. The average Bonchev–Trinajstić information content (AvgIpc) is 2.61. The van der Waals surface area contributed by atoms with Crippen LogP contribution in [0.3, 0.4) is 0 Å². The summed E-state index contributed by atoms with van der Waals surface area (Å²) in [6.07, 6.45) is 1.01. The van der Waals surface area contributed by atoms with Crippen LogP contribution in [-0.4, -0.2) is 43.9 Å². The van der Waals surface area contributed by atoms with Gasteiger partial charge >= 0.3 is 6.03 Å². The molecule has 1 rings (SSSR count). The minimum absolute atomic E-state index is 0.0462. The van der Waals surface area contributed by atoms with Crippen LogP contribution in [0, 0.1) is 5.92 Å². The molecule has 0 saturated carbocycles. The smallest absolute Gasteiger partial charge is 0.315 e. The summed E-state index contributed by atoms with van der Waals surface area (Å²) >= 11 is 0. The fourth-order valence-corrected chi connectivity index (χ4v) is 2.63. The average molecular weight is 257 g/mol. The van der Waals surface area contributed by atoms with E-state index >= 15 is 0 Å². The number of nitrogens with one attached hydrogen (secondary N) is 3. The van der Waals surface area contributed by atoms with Crippen molar-refractivity contribution in [3.8, 4) is 0 Å². The minimum atomic E-state index is -0.188. The van der Waals surface area contributed by atoms with Crippen LogP contribution in [0.15, 0.2) is 0 Å². The van der Waals surface area contributed by atoms with Crippen molar-refractivity contribution in [2.45, 2.75) is 51.8 Å². The molecular weight excluding hydrogens is 230 g/mol. The van der Waals surface area contributed by atoms with Crippen molar-refractivity contribution in [3.63, 3.8) is 0 Å². The number of amides is 2. The third-order valence-corrected chi connectivity index (χ3v) is 3.15. The summed E-state index contributed by atoms with van der Waals surface area (Å²) in [4.78, 5) is 12.0. The van der Waals surface area contributed by atoms with Crippen LogP contribution < -0.4 is 16.0 Å². The molecule has 0 aromatic heterocycles. The van der Waals surface area contributed by atoms with Crippen molar-refractivity contribution in [2.75, 3.05) is 20.2 Å². The number of urea groups is 1. The van der Waals surface area contributed by atoms with Crippen LogP contribution in [0.1, 0.15) is 34.1 Å². The first-order chi connectivity index (χ1) is 8.34. The lowest BCUT2D eigenvalue weighted by atomic mass is 9.93. The molecule has 0 radical (unpaired) electrons. The Labute approximate surface area is 110 Å². The van der Waals surface area contributed by atoms with Crippen molar-refractivity contribution in [3.05, 3.63) is 0 Å². The molecule has 106 valence electrons. The molecule has 0 unspecified atom stereocenters. The van der Waals surface area contributed by atoms with Gasteiger partial charge in [0.25, 0.3) is 0 Å². The molecule has 3 N–H and O–H groups in total. The summed E-state index contributed by atoms with van der Waals surface area (Å²) in [5.41, 5.74) is -0.188. The van der Waals surface area contributed by atoms with E-state index < -0.39 is 0 Å². The van der Waals surface area contributed by atoms with E-state index in [0.717, 1.165) is 19.5 Å². The summed E-state index contributed by atoms with van der Waals surface area (Å²) < 4.78 is 5.31. The highest BCUT2D eigenvalue weighted by atomic mass is 16.5. The van der Waals surface area contributed by atoms with Crippen molar-refractivity contribution in [2.24, 2.45) is 5.92 Å². The van der Waals surface area contributed by atoms with Gasteiger partial charge in [-0.15, -0.1) is 0 Å². The van der Waals surface area contributed by atoms with Crippen LogP contribution in [0.25, 0.3) is 0 Å². The second-order valence-corrected chi connectivity index (χ2v) is 6.12. The topological polar surface area (TPSA) is 62.4 Å². The lowest BCUT2D eigenvalue weighted by Gasteiger charge is -2.29. The molecule has 18 heavy (non-hydrogen) atoms. The molecule has 1 aliphatic heterocycles. The molecule has 0 aliphatic carbocycles. The van der Waals surface area contributed by atoms with E-state index in [9.17, 15) is 4.79 Å². The summed E-state index contributed by atoms with van der Waals surface area (Å²) in [5, 5.41) is 9.20. The molecule has 1 saturated heterocycles. The molecular formula is C13H27N3O2. The van der Waals surface area contributed by atoms with E-state index in [2.05, 4.69) is 29.8 Å². The van der Waals surface area contributed by atoms with Gasteiger partial charge in [0.1, 0.15) is 0 Å². The van der Waals surface area contributed by atoms with Crippen molar-refractivity contribution in [1.29, 1.82) is 0 Å². The molecule has 0 bridgehead atoms.